The van der Waals surface area contributed by atoms with E-state index >= 15 is 0 Å². The largest absolute Gasteiger partial charge is 0.586 e. The molecule has 1 heterocycles. The Morgan fingerprint density at radius 3 is 2.71 bits per heavy atom. The van der Waals surface area contributed by atoms with Crippen LogP contribution in [0.1, 0.15) is 26.2 Å². The van der Waals surface area contributed by atoms with Crippen molar-refractivity contribution in [2.45, 2.75) is 26.2 Å². The topological polar surface area (TPSA) is 21.8 Å². The minimum absolute atomic E-state index is 0.744. The van der Waals surface area contributed by atoms with E-state index in [0.29, 0.717) is 0 Å². The molecule has 0 amide bonds. The van der Waals surface area contributed by atoms with Gasteiger partial charge in [0.05, 0.1) is 23.8 Å². The van der Waals surface area contributed by atoms with Gasteiger partial charge >= 0.3 is 5.95 Å². The van der Waals surface area contributed by atoms with Crippen LogP contribution >= 0.6 is 0 Å². The molecule has 1 aromatic heterocycles. The number of rotatable bonds is 6. The molecule has 0 unspecified atom stereocenters. The highest BCUT2D eigenvalue weighted by atomic mass is 15.2. The number of fused-ring (bicyclic) bond motifs is 1. The maximum absolute atomic E-state index is 4.55. The summed E-state index contributed by atoms with van der Waals surface area (Å²) in [5.74, 6) is 0.744. The first-order valence-corrected chi connectivity index (χ1v) is 7.20. The van der Waals surface area contributed by atoms with Gasteiger partial charge in [-0.2, -0.15) is 4.58 Å². The molecule has 0 bridgehead atoms. The number of para-hydroxylation sites is 1. The lowest BCUT2D eigenvalue weighted by Gasteiger charge is -2.00. The summed E-state index contributed by atoms with van der Waals surface area (Å²) in [6.07, 6.45) is 3.23. The van der Waals surface area contributed by atoms with Gasteiger partial charge in [-0.05, 0) is 44.9 Å². The molecule has 0 atom stereocenters. The molecule has 3 heteroatoms. The molecule has 0 aliphatic rings. The van der Waals surface area contributed by atoms with E-state index in [4.69, 9.17) is 0 Å². The zero-order chi connectivity index (χ0) is 15.4. The summed E-state index contributed by atoms with van der Waals surface area (Å²) in [5.41, 5.74) is 2.24. The van der Waals surface area contributed by atoms with E-state index in [9.17, 15) is 0 Å². The Bertz CT molecular complexity index is 790. The van der Waals surface area contributed by atoms with Crippen LogP contribution in [0.4, 0.5) is 5.95 Å². The first-order valence-electron chi connectivity index (χ1n) is 7.20. The van der Waals surface area contributed by atoms with Crippen molar-refractivity contribution in [3.05, 3.63) is 48.5 Å². The van der Waals surface area contributed by atoms with Crippen LogP contribution in [-0.4, -0.2) is 22.8 Å². The summed E-state index contributed by atoms with van der Waals surface area (Å²) in [6.45, 7) is 19.1. The molecule has 108 valence electrons. The van der Waals surface area contributed by atoms with E-state index in [1.807, 2.05) is 33.1 Å². The number of aromatic nitrogens is 2. The second kappa shape index (κ2) is 6.44. The van der Waals surface area contributed by atoms with Crippen molar-refractivity contribution < 1.29 is 8.82 Å². The van der Waals surface area contributed by atoms with Gasteiger partial charge in [-0.3, -0.25) is 0 Å². The van der Waals surface area contributed by atoms with Crippen LogP contribution in [0.3, 0.4) is 0 Å². The highest BCUT2D eigenvalue weighted by molar-refractivity contribution is 5.75. The summed E-state index contributed by atoms with van der Waals surface area (Å²) in [7, 11) is 0. The number of allylic oxidation sites excluding steroid dienone is 1. The smallest absolute Gasteiger partial charge is 0.161 e. The quantitative estimate of drug-likeness (QED) is 0.345. The van der Waals surface area contributed by atoms with Gasteiger partial charge in [0.15, 0.2) is 5.52 Å². The van der Waals surface area contributed by atoms with E-state index in [0.717, 1.165) is 48.0 Å². The zero-order valence-corrected chi connectivity index (χ0v) is 12.8. The van der Waals surface area contributed by atoms with Crippen molar-refractivity contribution in [3.63, 3.8) is 0 Å². The van der Waals surface area contributed by atoms with Gasteiger partial charge < -0.3 is 0 Å². The minimum Gasteiger partial charge on any atom is -0.161 e. The van der Waals surface area contributed by atoms with Crippen molar-refractivity contribution in [1.82, 2.24) is 4.98 Å². The van der Waals surface area contributed by atoms with E-state index < -0.39 is 0 Å². The molecule has 2 rings (SSSR count). The van der Waals surface area contributed by atoms with E-state index in [1.54, 1.807) is 0 Å². The van der Waals surface area contributed by atoms with Gasteiger partial charge in [-0.1, -0.05) is 17.7 Å². The standard InChI is InChI=1S/C18H23N3/c1-14(2)10-8-9-13-20(4)18-19-15(3)16-11-6-7-12-17(16)21(18)5/h6-7,11-12H,1,3-5,8-10,13H2,2H3/q+2. The van der Waals surface area contributed by atoms with Crippen LogP contribution in [0.25, 0.3) is 17.5 Å². The fourth-order valence-corrected chi connectivity index (χ4v) is 2.37. The summed E-state index contributed by atoms with van der Waals surface area (Å²) in [4.78, 5) is 4.55. The van der Waals surface area contributed by atoms with Crippen molar-refractivity contribution in [2.75, 3.05) is 6.54 Å². The minimum atomic E-state index is 0.744. The number of hydrogen-bond acceptors (Lipinski definition) is 1. The lowest BCUT2D eigenvalue weighted by molar-refractivity contribution is -0.594. The first kappa shape index (κ1) is 15.1. The molecule has 21 heavy (non-hydrogen) atoms. The molecule has 3 nitrogen and oxygen atoms in total. The van der Waals surface area contributed by atoms with Crippen LogP contribution in [0, 0.1) is 6.72 Å². The average Bonchev–Trinajstić information content (AvgIpc) is 2.47. The molecule has 0 spiro atoms. The molecule has 1 aromatic carbocycles. The van der Waals surface area contributed by atoms with E-state index in [2.05, 4.69) is 38.5 Å². The Hall–Kier alpha value is -2.29. The maximum atomic E-state index is 4.55. The van der Waals surface area contributed by atoms with Crippen LogP contribution in [0.15, 0.2) is 36.4 Å². The van der Waals surface area contributed by atoms with Gasteiger partial charge in [0.1, 0.15) is 6.54 Å². The first-order chi connectivity index (χ1) is 10.0. The Balaban J connectivity index is 2.24. The van der Waals surface area contributed by atoms with Gasteiger partial charge in [0, 0.05) is 0 Å². The van der Waals surface area contributed by atoms with Crippen LogP contribution in [-0.2, 0) is 0 Å². The summed E-state index contributed by atoms with van der Waals surface area (Å²) in [5, 5.41) is 1.78. The molecule has 0 N–H and O–H groups in total. The fourth-order valence-electron chi connectivity index (χ4n) is 2.37. The third kappa shape index (κ3) is 3.43. The predicted octanol–water partition coefficient (Wildman–Crippen LogP) is 2.66. The molecule has 0 saturated heterocycles. The number of nitrogens with zero attached hydrogens (tertiary/aromatic N) is 3. The third-order valence-electron chi connectivity index (χ3n) is 3.55. The van der Waals surface area contributed by atoms with Crippen LogP contribution in [0.2, 0.25) is 0 Å². The van der Waals surface area contributed by atoms with Gasteiger partial charge in [-0.15, -0.1) is 10.8 Å². The van der Waals surface area contributed by atoms with Gasteiger partial charge in [-0.25, -0.2) is 0 Å². The molecular weight excluding hydrogens is 258 g/mol. The fraction of sp³-hybridized carbons (Fsp3) is 0.278. The molecular formula is C18H23N3+2. The average molecular weight is 281 g/mol. The molecule has 0 radical (unpaired) electrons. The van der Waals surface area contributed by atoms with E-state index in [1.165, 1.54) is 5.57 Å². The van der Waals surface area contributed by atoms with Gasteiger partial charge in [0.2, 0.25) is 5.35 Å². The predicted molar refractivity (Wildman–Crippen MR) is 88.4 cm³/mol. The third-order valence-corrected chi connectivity index (χ3v) is 3.55. The molecule has 0 fully saturated rings. The van der Waals surface area contributed by atoms with Crippen LogP contribution in [0.5, 0.6) is 0 Å². The van der Waals surface area contributed by atoms with Crippen molar-refractivity contribution in [1.29, 1.82) is 0 Å². The second-order valence-electron chi connectivity index (χ2n) is 5.48. The van der Waals surface area contributed by atoms with E-state index in [-0.39, 0.29) is 0 Å². The number of unbranched alkanes of at least 4 members (excludes halogenated alkanes) is 1. The monoisotopic (exact) mass is 281 g/mol. The zero-order valence-electron chi connectivity index (χ0n) is 12.8. The Kier molecular flexibility index (Phi) is 4.63. The number of hydrogen-bond donors (Lipinski definition) is 0. The Labute approximate surface area is 125 Å². The molecule has 2 aromatic rings. The summed E-state index contributed by atoms with van der Waals surface area (Å²) >= 11 is 0. The van der Waals surface area contributed by atoms with Crippen molar-refractivity contribution in [2.24, 2.45) is 0 Å². The highest BCUT2D eigenvalue weighted by Gasteiger charge is 2.22. The molecule has 0 aliphatic carbocycles. The van der Waals surface area contributed by atoms with Gasteiger partial charge in [0.25, 0.3) is 0 Å². The Morgan fingerprint density at radius 2 is 2.00 bits per heavy atom. The lowest BCUT2D eigenvalue weighted by Crippen LogP contribution is -2.29. The summed E-state index contributed by atoms with van der Waals surface area (Å²) < 4.78 is 3.72. The SMILES string of the molecule is C=C(C)CCCC[N+](=C)c1nc(=C)c2ccccc2[n+]1=C. The Morgan fingerprint density at radius 1 is 1.29 bits per heavy atom. The van der Waals surface area contributed by atoms with Crippen molar-refractivity contribution in [3.8, 4) is 0 Å². The summed E-state index contributed by atoms with van der Waals surface area (Å²) in [6, 6.07) is 8.01. The highest BCUT2D eigenvalue weighted by Crippen LogP contribution is 2.08. The normalized spacial score (nSPS) is 10.7. The molecule has 0 saturated carbocycles. The lowest BCUT2D eigenvalue weighted by atomic mass is 10.1. The molecule has 0 aliphatic heterocycles. The van der Waals surface area contributed by atoms with Crippen molar-refractivity contribution >= 4 is 30.1 Å². The van der Waals surface area contributed by atoms with Crippen LogP contribution < -0.4 is 9.59 Å². The number of benzene rings is 1. The maximum Gasteiger partial charge on any atom is 0.586 e. The second-order valence-corrected chi connectivity index (χ2v) is 5.48.